The quantitative estimate of drug-likeness (QED) is 0.261. The van der Waals surface area contributed by atoms with Gasteiger partial charge < -0.3 is 14.8 Å². The fourth-order valence-corrected chi connectivity index (χ4v) is 0. The van der Waals surface area contributed by atoms with Gasteiger partial charge in [0.25, 0.3) is 0 Å². The fourth-order valence-electron chi connectivity index (χ4n) is 0. The van der Waals surface area contributed by atoms with Crippen LogP contribution in [0.3, 0.4) is 0 Å². The molecule has 4 heavy (non-hydrogen) atoms. The minimum atomic E-state index is 0. The minimum absolute atomic E-state index is 0. The normalized spacial score (nSPS) is 14.0. The van der Waals surface area contributed by atoms with Gasteiger partial charge in [-0.15, -0.1) is 0 Å². The summed E-state index contributed by atoms with van der Waals surface area (Å²) >= 11 is 0. The zero-order valence-electron chi connectivity index (χ0n) is 2.78. The Hall–Kier alpha value is 0.684. The second-order valence-corrected chi connectivity index (χ2v) is 1.84. The molecule has 2 heteroatoms. The van der Waals surface area contributed by atoms with Gasteiger partial charge in [0.05, 0.1) is 0 Å². The average molecular weight is 62.1 g/mol. The first-order chi connectivity index (χ1) is 1.50. The second-order valence-electron chi connectivity index (χ2n) is 0.612. The van der Waals surface area contributed by atoms with E-state index in [9.17, 15) is 0 Å². The van der Waals surface area contributed by atoms with Crippen LogP contribution in [0.2, 0.25) is 6.04 Å². The molecule has 1 aliphatic heterocycles. The fraction of sp³-hybridized carbons (Fsp3) is 0.500. The largest absolute Gasteiger partial charge is 1.00 e. The molecule has 0 saturated heterocycles. The molecule has 0 fully saturated rings. The minimum Gasteiger partial charge on any atom is -0.452 e. The van der Waals surface area contributed by atoms with E-state index in [4.69, 9.17) is 0 Å². The molecule has 1 rings (SSSR count). The third kappa shape index (κ3) is 2.68. The predicted molar refractivity (Wildman–Crippen MR) is 16.6 cm³/mol. The molecule has 0 spiro atoms. The molecule has 0 bridgehead atoms. The summed E-state index contributed by atoms with van der Waals surface area (Å²) in [5.41, 5.74) is 2.28. The van der Waals surface area contributed by atoms with E-state index in [-0.39, 0.29) is 18.9 Å². The molecule has 0 aliphatic carbocycles. The number of rotatable bonds is 0. The van der Waals surface area contributed by atoms with Crippen molar-refractivity contribution in [2.75, 3.05) is 0 Å². The Morgan fingerprint density at radius 1 is 1.75 bits per heavy atom. The van der Waals surface area contributed by atoms with Crippen LogP contribution in [0.15, 0.2) is 0 Å². The van der Waals surface area contributed by atoms with Gasteiger partial charge in [-0.25, -0.2) is 6.04 Å². The number of hydrogen-bond acceptors (Lipinski definition) is 0. The van der Waals surface area contributed by atoms with Crippen molar-refractivity contribution in [1.29, 1.82) is 0 Å². The molecule has 0 amide bonds. The summed E-state index contributed by atoms with van der Waals surface area (Å²) in [6, 6.07) is 1.40. The molecule has 0 N–H and O–H groups in total. The SMILES string of the molecule is C1=[Si-]C1.[Li+]. The third-order valence-corrected chi connectivity index (χ3v) is 0.612. The Balaban J connectivity index is 0.0000000900. The summed E-state index contributed by atoms with van der Waals surface area (Å²) in [6.07, 6.45) is 0. The predicted octanol–water partition coefficient (Wildman–Crippen LogP) is -3.07. The first-order valence-corrected chi connectivity index (χ1v) is 2.33. The van der Waals surface area contributed by atoms with E-state index in [1.165, 1.54) is 15.2 Å². The van der Waals surface area contributed by atoms with Crippen molar-refractivity contribution in [3.8, 4) is 0 Å². The molecule has 16 valence electrons. The zero-order chi connectivity index (χ0) is 2.12. The maximum Gasteiger partial charge on any atom is 1.00 e. The van der Waals surface area contributed by atoms with Crippen LogP contribution >= 0.6 is 0 Å². The Kier molecular flexibility index (Phi) is 2.29. The maximum atomic E-state index is 2.28. The van der Waals surface area contributed by atoms with E-state index >= 15 is 0 Å². The monoisotopic (exact) mass is 62.0 g/mol. The Morgan fingerprint density at radius 3 is 2.00 bits per heavy atom. The number of hydrogen-bond donors (Lipinski definition) is 0. The molecule has 0 unspecified atom stereocenters. The van der Waals surface area contributed by atoms with Crippen molar-refractivity contribution >= 4 is 14.8 Å². The second kappa shape index (κ2) is 1.96. The smallest absolute Gasteiger partial charge is 0.452 e. The van der Waals surface area contributed by atoms with Crippen molar-refractivity contribution in [3.63, 3.8) is 0 Å². The summed E-state index contributed by atoms with van der Waals surface area (Å²) < 4.78 is 0. The van der Waals surface area contributed by atoms with Crippen molar-refractivity contribution < 1.29 is 18.9 Å². The molecule has 0 aromatic heterocycles. The molecule has 0 radical (unpaired) electrons. The third-order valence-electron chi connectivity index (χ3n) is 0.204. The van der Waals surface area contributed by atoms with Gasteiger partial charge in [0.1, 0.15) is 0 Å². The summed E-state index contributed by atoms with van der Waals surface area (Å²) in [7, 11) is 1.21. The van der Waals surface area contributed by atoms with Crippen molar-refractivity contribution in [1.82, 2.24) is 0 Å². The van der Waals surface area contributed by atoms with E-state index in [2.05, 4.69) is 5.67 Å². The van der Waals surface area contributed by atoms with E-state index in [1.807, 2.05) is 0 Å². The van der Waals surface area contributed by atoms with E-state index < -0.39 is 0 Å². The van der Waals surface area contributed by atoms with Gasteiger partial charge in [0.2, 0.25) is 0 Å². The summed E-state index contributed by atoms with van der Waals surface area (Å²) in [5, 5.41) is 0. The standard InChI is InChI=1S/C2H3Si.Li/c1-2-3-1;/h1H,2H2;/q-1;+1. The van der Waals surface area contributed by atoms with Gasteiger partial charge in [-0.05, 0) is 0 Å². The first kappa shape index (κ1) is 4.68. The van der Waals surface area contributed by atoms with Gasteiger partial charge in [-0.2, -0.15) is 0 Å². The van der Waals surface area contributed by atoms with Crippen molar-refractivity contribution in [3.05, 3.63) is 0 Å². The Morgan fingerprint density at radius 2 is 2.00 bits per heavy atom. The van der Waals surface area contributed by atoms with Crippen LogP contribution in [0.4, 0.5) is 0 Å². The summed E-state index contributed by atoms with van der Waals surface area (Å²) in [6.45, 7) is 0. The van der Waals surface area contributed by atoms with Gasteiger partial charge >= 0.3 is 18.9 Å². The van der Waals surface area contributed by atoms with Crippen LogP contribution in [-0.2, 0) is 0 Å². The zero-order valence-corrected chi connectivity index (χ0v) is 3.78. The van der Waals surface area contributed by atoms with Crippen molar-refractivity contribution in [2.24, 2.45) is 0 Å². The molecule has 1 heterocycles. The molecule has 0 saturated carbocycles. The Labute approximate surface area is 40.2 Å². The van der Waals surface area contributed by atoms with Crippen LogP contribution < -0.4 is 18.9 Å². The van der Waals surface area contributed by atoms with Crippen LogP contribution in [0, 0.1) is 0 Å². The van der Waals surface area contributed by atoms with Crippen LogP contribution in [0.5, 0.6) is 0 Å². The average Bonchev–Trinajstić information content (AvgIpc) is 1.46. The molecule has 0 nitrogen and oxygen atoms in total. The maximum absolute atomic E-state index is 2.28. The van der Waals surface area contributed by atoms with E-state index in [1.54, 1.807) is 0 Å². The first-order valence-electron chi connectivity index (χ1n) is 1.05. The molecule has 0 aromatic rings. The molecule has 0 atom stereocenters. The van der Waals surface area contributed by atoms with Crippen LogP contribution in [-0.4, -0.2) is 14.8 Å². The van der Waals surface area contributed by atoms with Gasteiger partial charge in [0.15, 0.2) is 0 Å². The van der Waals surface area contributed by atoms with Crippen LogP contribution in [0.1, 0.15) is 0 Å². The summed E-state index contributed by atoms with van der Waals surface area (Å²) in [4.78, 5) is 0. The van der Waals surface area contributed by atoms with Crippen LogP contribution in [0.25, 0.3) is 0 Å². The summed E-state index contributed by atoms with van der Waals surface area (Å²) in [5.74, 6) is 0. The topological polar surface area (TPSA) is 0 Å². The molecule has 1 aliphatic rings. The Bertz CT molecular complexity index is 29.0. The molecular formula is C2H3LiSi. The molecular weight excluding hydrogens is 59.0 g/mol. The van der Waals surface area contributed by atoms with Gasteiger partial charge in [-0.1, -0.05) is 0 Å². The molecule has 0 aromatic carbocycles. The van der Waals surface area contributed by atoms with E-state index in [0.717, 1.165) is 0 Å². The van der Waals surface area contributed by atoms with Gasteiger partial charge in [0, 0.05) is 0 Å². The van der Waals surface area contributed by atoms with Gasteiger partial charge in [-0.3, -0.25) is 0 Å². The van der Waals surface area contributed by atoms with Crippen molar-refractivity contribution in [2.45, 2.75) is 6.04 Å². The van der Waals surface area contributed by atoms with E-state index in [0.29, 0.717) is 0 Å².